The average molecular weight is 651 g/mol. The Morgan fingerprint density at radius 2 is 1.63 bits per heavy atom. The molecule has 2 saturated carbocycles. The van der Waals surface area contributed by atoms with Crippen LogP contribution in [-0.4, -0.2) is 70.0 Å². The lowest BCUT2D eigenvalue weighted by Crippen LogP contribution is -2.66. The fourth-order valence-corrected chi connectivity index (χ4v) is 8.32. The van der Waals surface area contributed by atoms with Crippen molar-refractivity contribution in [2.75, 3.05) is 5.75 Å². The summed E-state index contributed by atoms with van der Waals surface area (Å²) in [5, 5.41) is 28.2. The number of aryl methyl sites for hydroxylation is 1. The van der Waals surface area contributed by atoms with Crippen LogP contribution in [0.2, 0.25) is 0 Å². The predicted molar refractivity (Wildman–Crippen MR) is 174 cm³/mol. The van der Waals surface area contributed by atoms with Crippen LogP contribution in [0.3, 0.4) is 0 Å². The van der Waals surface area contributed by atoms with E-state index < -0.39 is 51.2 Å². The van der Waals surface area contributed by atoms with Crippen LogP contribution in [0.5, 0.6) is 0 Å². The third kappa shape index (κ3) is 9.04. The summed E-state index contributed by atoms with van der Waals surface area (Å²) in [5.74, 6) is -1.73. The zero-order valence-electron chi connectivity index (χ0n) is 26.2. The summed E-state index contributed by atoms with van der Waals surface area (Å²) in [6.45, 7) is 0. The molecule has 5 rings (SSSR count). The fourth-order valence-electron chi connectivity index (χ4n) is 6.62. The Morgan fingerprint density at radius 3 is 2.26 bits per heavy atom. The molecular formula is C35H46N4O6S. The largest absolute Gasteiger partial charge is 0.390 e. The first-order valence-corrected chi connectivity index (χ1v) is 18.1. The number of rotatable bonds is 16. The van der Waals surface area contributed by atoms with Crippen LogP contribution >= 0.6 is 0 Å². The summed E-state index contributed by atoms with van der Waals surface area (Å²) in [6.07, 6.45) is 8.19. The average Bonchev–Trinajstić information content (AvgIpc) is 3.80. The zero-order chi connectivity index (χ0) is 32.6. The molecule has 0 spiro atoms. The van der Waals surface area contributed by atoms with Crippen LogP contribution in [0, 0.1) is 11.8 Å². The van der Waals surface area contributed by atoms with Gasteiger partial charge in [-0.1, -0.05) is 80.6 Å². The lowest BCUT2D eigenvalue weighted by atomic mass is 9.82. The van der Waals surface area contributed by atoms with Gasteiger partial charge in [-0.2, -0.15) is 0 Å². The third-order valence-corrected chi connectivity index (χ3v) is 11.2. The van der Waals surface area contributed by atoms with Crippen LogP contribution < -0.4 is 10.6 Å². The second-order valence-corrected chi connectivity index (χ2v) is 15.1. The van der Waals surface area contributed by atoms with Gasteiger partial charge in [0.25, 0.3) is 0 Å². The number of amides is 2. The molecular weight excluding hydrogens is 604 g/mol. The van der Waals surface area contributed by atoms with E-state index >= 15 is 0 Å². The number of carbonyl (C=O) groups excluding carboxylic acids is 2. The lowest BCUT2D eigenvalue weighted by Gasteiger charge is -2.37. The Kier molecular flexibility index (Phi) is 11.3. The van der Waals surface area contributed by atoms with Gasteiger partial charge in [-0.15, -0.1) is 0 Å². The van der Waals surface area contributed by atoms with Gasteiger partial charge in [-0.3, -0.25) is 9.59 Å². The molecule has 0 bridgehead atoms. The molecule has 0 saturated heterocycles. The third-order valence-electron chi connectivity index (χ3n) is 9.37. The molecule has 2 aliphatic rings. The van der Waals surface area contributed by atoms with Crippen LogP contribution in [0.1, 0.15) is 69.0 Å². The summed E-state index contributed by atoms with van der Waals surface area (Å²) < 4.78 is 27.9. The highest BCUT2D eigenvalue weighted by Crippen LogP contribution is 2.36. The summed E-state index contributed by atoms with van der Waals surface area (Å²) >= 11 is 0. The van der Waals surface area contributed by atoms with Gasteiger partial charge in [0.2, 0.25) is 11.8 Å². The first-order valence-electron chi connectivity index (χ1n) is 16.4. The van der Waals surface area contributed by atoms with Gasteiger partial charge < -0.3 is 25.8 Å². The van der Waals surface area contributed by atoms with Crippen molar-refractivity contribution in [3.63, 3.8) is 0 Å². The van der Waals surface area contributed by atoms with E-state index in [1.54, 1.807) is 24.4 Å². The Morgan fingerprint density at radius 1 is 0.957 bits per heavy atom. The molecule has 2 aliphatic carbocycles. The van der Waals surface area contributed by atoms with Crippen LogP contribution in [0.15, 0.2) is 78.1 Å². The number of hydrogen-bond donors (Lipinski definition) is 5. The highest BCUT2D eigenvalue weighted by molar-refractivity contribution is 7.91. The molecule has 4 atom stereocenters. The fraction of sp³-hybridized carbons (Fsp3) is 0.514. The van der Waals surface area contributed by atoms with E-state index in [0.717, 1.165) is 50.5 Å². The summed E-state index contributed by atoms with van der Waals surface area (Å²) in [4.78, 5) is 35.4. The summed E-state index contributed by atoms with van der Waals surface area (Å²) in [5.41, 5.74) is -0.641. The molecule has 2 fully saturated rings. The molecule has 1 aromatic heterocycles. The SMILES string of the molecule is O=C(CCc1ccccc1)N[C@](Cc1c[nH]cn1)(CS(=O)(=O)c1ccccc1)C(=O)N[C@@H](CC1CCCCC1)[C@@H](O)[C@@H](O)C1CC1. The van der Waals surface area contributed by atoms with Gasteiger partial charge in [0.05, 0.1) is 34.8 Å². The Labute approximate surface area is 271 Å². The molecule has 2 amide bonds. The molecule has 2 aromatic carbocycles. The first-order chi connectivity index (χ1) is 22.1. The van der Waals surface area contributed by atoms with E-state index in [4.69, 9.17) is 0 Å². The van der Waals surface area contributed by atoms with Crippen molar-refractivity contribution in [2.24, 2.45) is 11.8 Å². The van der Waals surface area contributed by atoms with Crippen molar-refractivity contribution >= 4 is 21.7 Å². The number of aromatic nitrogens is 2. The van der Waals surface area contributed by atoms with Crippen LogP contribution in [0.25, 0.3) is 0 Å². The molecule has 0 radical (unpaired) electrons. The van der Waals surface area contributed by atoms with E-state index in [-0.39, 0.29) is 29.6 Å². The zero-order valence-corrected chi connectivity index (χ0v) is 27.0. The highest BCUT2D eigenvalue weighted by atomic mass is 32.2. The number of hydrogen-bond acceptors (Lipinski definition) is 7. The second-order valence-electron chi connectivity index (χ2n) is 13.1. The van der Waals surface area contributed by atoms with Crippen molar-refractivity contribution in [1.82, 2.24) is 20.6 Å². The van der Waals surface area contributed by atoms with Crippen LogP contribution in [0.4, 0.5) is 0 Å². The van der Waals surface area contributed by atoms with E-state index in [0.29, 0.717) is 18.5 Å². The number of nitrogens with zero attached hydrogens (tertiary/aromatic N) is 1. The van der Waals surface area contributed by atoms with Crippen LogP contribution in [-0.2, 0) is 32.3 Å². The van der Waals surface area contributed by atoms with E-state index in [2.05, 4.69) is 20.6 Å². The van der Waals surface area contributed by atoms with E-state index in [1.807, 2.05) is 30.3 Å². The molecule has 0 aliphatic heterocycles. The number of aliphatic hydroxyl groups is 2. The highest BCUT2D eigenvalue weighted by Gasteiger charge is 2.47. The number of nitrogens with one attached hydrogen (secondary N) is 3. The van der Waals surface area contributed by atoms with Crippen molar-refractivity contribution < 1.29 is 28.2 Å². The number of aliphatic hydroxyl groups excluding tert-OH is 2. The minimum atomic E-state index is -4.11. The molecule has 0 unspecified atom stereocenters. The van der Waals surface area contributed by atoms with Gasteiger partial charge >= 0.3 is 0 Å². The number of sulfone groups is 1. The maximum absolute atomic E-state index is 14.7. The number of aromatic amines is 1. The minimum Gasteiger partial charge on any atom is -0.390 e. The van der Waals surface area contributed by atoms with Gasteiger partial charge in [0.15, 0.2) is 9.84 Å². The monoisotopic (exact) mass is 650 g/mol. The Bertz CT molecular complexity index is 1510. The maximum atomic E-state index is 14.7. The van der Waals surface area contributed by atoms with Crippen molar-refractivity contribution in [1.29, 1.82) is 0 Å². The Hall–Kier alpha value is -3.54. The first kappa shape index (κ1) is 33.8. The van der Waals surface area contributed by atoms with Crippen molar-refractivity contribution in [3.05, 3.63) is 84.4 Å². The number of H-pyrrole nitrogens is 1. The van der Waals surface area contributed by atoms with Crippen molar-refractivity contribution in [2.45, 2.75) is 99.3 Å². The standard InChI is InChI=1S/C35H46N4O6S/c40-31(19-16-25-10-4-1-5-11-25)39-35(21-28-22-36-24-37-28,23-46(44,45)29-14-8-3-9-15-29)34(43)38-30(20-26-12-6-2-7-13-26)33(42)32(41)27-17-18-27/h1,3-5,8-11,14-15,22,24,26-27,30,32-33,41-42H,2,6-7,12-13,16-21,23H2,(H,36,37)(H,38,43)(H,39,40)/t30-,32-,33+,35+/m0/s1. The molecule has 46 heavy (non-hydrogen) atoms. The second kappa shape index (κ2) is 15.4. The van der Waals surface area contributed by atoms with E-state index in [9.17, 15) is 28.2 Å². The minimum absolute atomic E-state index is 0.0238. The number of imidazole rings is 1. The Balaban J connectivity index is 1.49. The van der Waals surface area contributed by atoms with Gasteiger partial charge in [-0.05, 0) is 55.2 Å². The molecule has 11 heteroatoms. The predicted octanol–water partition coefficient (Wildman–Crippen LogP) is 3.50. The maximum Gasteiger partial charge on any atom is 0.247 e. The van der Waals surface area contributed by atoms with Gasteiger partial charge in [-0.25, -0.2) is 13.4 Å². The summed E-state index contributed by atoms with van der Waals surface area (Å²) in [6, 6.07) is 16.5. The molecule has 10 nitrogen and oxygen atoms in total. The quantitative estimate of drug-likeness (QED) is 0.159. The number of benzene rings is 2. The van der Waals surface area contributed by atoms with Gasteiger partial charge in [0, 0.05) is 19.0 Å². The van der Waals surface area contributed by atoms with Gasteiger partial charge in [0.1, 0.15) is 11.6 Å². The number of carbonyl (C=O) groups is 2. The van der Waals surface area contributed by atoms with Crippen molar-refractivity contribution in [3.8, 4) is 0 Å². The molecule has 248 valence electrons. The van der Waals surface area contributed by atoms with E-state index in [1.165, 1.54) is 18.5 Å². The molecule has 3 aromatic rings. The topological polar surface area (TPSA) is 161 Å². The normalized spacial score (nSPS) is 19.0. The summed E-state index contributed by atoms with van der Waals surface area (Å²) in [7, 11) is -4.11. The molecule has 5 N–H and O–H groups in total. The smallest absolute Gasteiger partial charge is 0.247 e. The lowest BCUT2D eigenvalue weighted by molar-refractivity contribution is -0.134. The molecule has 1 heterocycles.